The number of carbonyl (C=O) groups excluding carboxylic acids is 1. The van der Waals surface area contributed by atoms with E-state index < -0.39 is 23.6 Å². The molecule has 1 aromatic rings. The molecule has 142 valence electrons. The second-order valence-electron chi connectivity index (χ2n) is 6.73. The van der Waals surface area contributed by atoms with E-state index in [0.29, 0.717) is 36.8 Å². The largest absolute Gasteiger partial charge is 0.467 e. The molecule has 3 heterocycles. The highest BCUT2D eigenvalue weighted by atomic mass is 16.5. The number of anilines is 1. The van der Waals surface area contributed by atoms with Crippen molar-refractivity contribution in [1.82, 2.24) is 14.9 Å². The number of hydrogen-bond donors (Lipinski definition) is 2. The van der Waals surface area contributed by atoms with Gasteiger partial charge in [0.15, 0.2) is 6.04 Å². The van der Waals surface area contributed by atoms with Crippen LogP contribution in [0.3, 0.4) is 0 Å². The van der Waals surface area contributed by atoms with Gasteiger partial charge in [0.1, 0.15) is 0 Å². The highest BCUT2D eigenvalue weighted by molar-refractivity contribution is 5.85. The van der Waals surface area contributed by atoms with Crippen molar-refractivity contribution in [1.29, 1.82) is 0 Å². The fraction of sp³-hybridized carbons (Fsp3) is 0.647. The van der Waals surface area contributed by atoms with E-state index >= 15 is 0 Å². The normalized spacial score (nSPS) is 25.7. The summed E-state index contributed by atoms with van der Waals surface area (Å²) in [5.74, 6) is -0.267. The van der Waals surface area contributed by atoms with Crippen LogP contribution < -0.4 is 5.32 Å². The zero-order valence-corrected chi connectivity index (χ0v) is 15.2. The lowest BCUT2D eigenvalue weighted by atomic mass is 9.92. The molecule has 9 nitrogen and oxygen atoms in total. The van der Waals surface area contributed by atoms with Gasteiger partial charge in [-0.25, -0.2) is 19.6 Å². The van der Waals surface area contributed by atoms with Crippen LogP contribution in [0.4, 0.5) is 10.7 Å². The molecule has 1 fully saturated rings. The maximum absolute atomic E-state index is 12.4. The van der Waals surface area contributed by atoms with E-state index in [-0.39, 0.29) is 6.04 Å². The maximum Gasteiger partial charge on any atom is 0.409 e. The number of hydrogen-bond acceptors (Lipinski definition) is 7. The van der Waals surface area contributed by atoms with Crippen LogP contribution in [0, 0.1) is 0 Å². The number of fused-ring (bicyclic) bond motifs is 1. The zero-order chi connectivity index (χ0) is 18.9. The molecular weight excluding hydrogens is 340 g/mol. The van der Waals surface area contributed by atoms with Crippen molar-refractivity contribution in [3.8, 4) is 0 Å². The lowest BCUT2D eigenvalue weighted by Crippen LogP contribution is -2.45. The molecule has 3 rings (SSSR count). The summed E-state index contributed by atoms with van der Waals surface area (Å²) in [7, 11) is 1.24. The van der Waals surface area contributed by atoms with Crippen LogP contribution in [0.25, 0.3) is 0 Å². The van der Waals surface area contributed by atoms with Gasteiger partial charge in [0, 0.05) is 31.0 Å². The van der Waals surface area contributed by atoms with Gasteiger partial charge in [-0.1, -0.05) is 6.92 Å². The maximum atomic E-state index is 12.4. The van der Waals surface area contributed by atoms with Gasteiger partial charge in [0.05, 0.1) is 18.3 Å². The Labute approximate surface area is 151 Å². The minimum Gasteiger partial charge on any atom is -0.467 e. The SMILES string of the molecule is CCC1(C)c2cnc(NC3CCOCC3)nc2C(C(=O)OC)N1C(=O)O. The zero-order valence-electron chi connectivity index (χ0n) is 15.2. The Morgan fingerprint density at radius 3 is 2.73 bits per heavy atom. The Hall–Kier alpha value is -2.42. The molecule has 1 aromatic heterocycles. The minimum absolute atomic E-state index is 0.188. The van der Waals surface area contributed by atoms with Crippen LogP contribution in [0.2, 0.25) is 0 Å². The summed E-state index contributed by atoms with van der Waals surface area (Å²) in [6.45, 7) is 4.99. The average molecular weight is 364 g/mol. The molecule has 1 amide bonds. The van der Waals surface area contributed by atoms with Gasteiger partial charge in [-0.05, 0) is 26.2 Å². The molecule has 0 spiro atoms. The van der Waals surface area contributed by atoms with E-state index in [1.165, 1.54) is 7.11 Å². The van der Waals surface area contributed by atoms with E-state index in [0.717, 1.165) is 17.7 Å². The van der Waals surface area contributed by atoms with Gasteiger partial charge in [-0.15, -0.1) is 0 Å². The van der Waals surface area contributed by atoms with Gasteiger partial charge < -0.3 is 19.9 Å². The van der Waals surface area contributed by atoms with E-state index in [2.05, 4.69) is 15.3 Å². The van der Waals surface area contributed by atoms with Crippen molar-refractivity contribution in [2.75, 3.05) is 25.6 Å². The van der Waals surface area contributed by atoms with Crippen LogP contribution in [-0.4, -0.2) is 58.4 Å². The molecular formula is C17H24N4O5. The number of carboxylic acid groups (broad SMARTS) is 1. The number of esters is 1. The second-order valence-corrected chi connectivity index (χ2v) is 6.73. The monoisotopic (exact) mass is 364 g/mol. The lowest BCUT2D eigenvalue weighted by molar-refractivity contribution is -0.148. The summed E-state index contributed by atoms with van der Waals surface area (Å²) in [6, 6.07) is -0.913. The summed E-state index contributed by atoms with van der Waals surface area (Å²) in [5.41, 5.74) is 0.125. The Balaban J connectivity index is 2.01. The molecule has 0 radical (unpaired) electrons. The van der Waals surface area contributed by atoms with Crippen LogP contribution in [0.5, 0.6) is 0 Å². The number of amides is 1. The molecule has 2 aliphatic heterocycles. The summed E-state index contributed by atoms with van der Waals surface area (Å²) < 4.78 is 10.2. The number of rotatable bonds is 4. The highest BCUT2D eigenvalue weighted by Gasteiger charge is 2.53. The molecule has 0 aromatic carbocycles. The first-order valence-electron chi connectivity index (χ1n) is 8.74. The van der Waals surface area contributed by atoms with Gasteiger partial charge in [-0.2, -0.15) is 0 Å². The number of aromatic nitrogens is 2. The highest BCUT2D eigenvalue weighted by Crippen LogP contribution is 2.47. The van der Waals surface area contributed by atoms with Crippen LogP contribution in [-0.2, 0) is 19.8 Å². The fourth-order valence-corrected chi connectivity index (χ4v) is 3.66. The molecule has 26 heavy (non-hydrogen) atoms. The third-order valence-corrected chi connectivity index (χ3v) is 5.32. The summed E-state index contributed by atoms with van der Waals surface area (Å²) in [6.07, 6.45) is 2.59. The molecule has 2 unspecified atom stereocenters. The third-order valence-electron chi connectivity index (χ3n) is 5.32. The molecule has 2 atom stereocenters. The molecule has 1 saturated heterocycles. The van der Waals surface area contributed by atoms with Crippen molar-refractivity contribution in [3.63, 3.8) is 0 Å². The van der Waals surface area contributed by atoms with Crippen molar-refractivity contribution >= 4 is 18.0 Å². The Morgan fingerprint density at radius 1 is 1.46 bits per heavy atom. The van der Waals surface area contributed by atoms with Crippen LogP contribution in [0.1, 0.15) is 50.4 Å². The molecule has 2 aliphatic rings. The summed E-state index contributed by atoms with van der Waals surface area (Å²) in [4.78, 5) is 34.3. The van der Waals surface area contributed by atoms with E-state index in [1.54, 1.807) is 13.1 Å². The van der Waals surface area contributed by atoms with E-state index in [9.17, 15) is 14.7 Å². The van der Waals surface area contributed by atoms with E-state index in [1.807, 2.05) is 6.92 Å². The number of nitrogens with one attached hydrogen (secondary N) is 1. The van der Waals surface area contributed by atoms with Gasteiger partial charge in [0.25, 0.3) is 0 Å². The standard InChI is InChI=1S/C17H24N4O5/c1-4-17(2)11-9-18-15(19-10-5-7-26-8-6-10)20-12(11)13(14(22)25-3)21(17)16(23)24/h9-10,13H,4-8H2,1-3H3,(H,23,24)(H,18,19,20). The van der Waals surface area contributed by atoms with Crippen molar-refractivity contribution in [2.45, 2.75) is 50.7 Å². The van der Waals surface area contributed by atoms with Gasteiger partial charge >= 0.3 is 12.1 Å². The van der Waals surface area contributed by atoms with E-state index in [4.69, 9.17) is 9.47 Å². The smallest absolute Gasteiger partial charge is 0.409 e. The molecule has 2 N–H and O–H groups in total. The molecule has 0 bridgehead atoms. The Bertz CT molecular complexity index is 706. The summed E-state index contributed by atoms with van der Waals surface area (Å²) >= 11 is 0. The predicted molar refractivity (Wildman–Crippen MR) is 91.8 cm³/mol. The topological polar surface area (TPSA) is 114 Å². The third kappa shape index (κ3) is 2.96. The quantitative estimate of drug-likeness (QED) is 0.779. The molecule has 0 aliphatic carbocycles. The van der Waals surface area contributed by atoms with Crippen molar-refractivity contribution in [2.24, 2.45) is 0 Å². The van der Waals surface area contributed by atoms with Crippen LogP contribution in [0.15, 0.2) is 6.20 Å². The summed E-state index contributed by atoms with van der Waals surface area (Å²) in [5, 5.41) is 13.0. The number of methoxy groups -OCH3 is 1. The van der Waals surface area contributed by atoms with Crippen LogP contribution >= 0.6 is 0 Å². The minimum atomic E-state index is -1.19. The van der Waals surface area contributed by atoms with Crippen molar-refractivity contribution in [3.05, 3.63) is 17.5 Å². The van der Waals surface area contributed by atoms with Crippen molar-refractivity contribution < 1.29 is 24.2 Å². The molecule has 0 saturated carbocycles. The van der Waals surface area contributed by atoms with Gasteiger partial charge in [-0.3, -0.25) is 4.90 Å². The lowest BCUT2D eigenvalue weighted by Gasteiger charge is -2.34. The van der Waals surface area contributed by atoms with Gasteiger partial charge in [0.2, 0.25) is 5.95 Å². The second kappa shape index (κ2) is 7.06. The first-order valence-corrected chi connectivity index (χ1v) is 8.74. The number of nitrogens with zero attached hydrogens (tertiary/aromatic N) is 3. The first-order chi connectivity index (χ1) is 12.4. The Kier molecular flexibility index (Phi) is 4.99. The predicted octanol–water partition coefficient (Wildman–Crippen LogP) is 1.90. The average Bonchev–Trinajstić information content (AvgIpc) is 2.91. The molecule has 9 heteroatoms. The number of carbonyl (C=O) groups is 2. The first kappa shape index (κ1) is 18.4. The number of ether oxygens (including phenoxy) is 2. The Morgan fingerprint density at radius 2 is 2.15 bits per heavy atom. The fourth-order valence-electron chi connectivity index (χ4n) is 3.66.